The van der Waals surface area contributed by atoms with E-state index in [-0.39, 0.29) is 5.82 Å². The quantitative estimate of drug-likeness (QED) is 0.887. The summed E-state index contributed by atoms with van der Waals surface area (Å²) in [4.78, 5) is 2.47. The molecule has 0 aromatic heterocycles. The summed E-state index contributed by atoms with van der Waals surface area (Å²) in [7, 11) is 0. The largest absolute Gasteiger partial charge is 0.311 e. The lowest BCUT2D eigenvalue weighted by atomic mass is 9.98. The molecule has 0 spiro atoms. The third-order valence-electron chi connectivity index (χ3n) is 3.70. The predicted octanol–water partition coefficient (Wildman–Crippen LogP) is 2.64. The van der Waals surface area contributed by atoms with Gasteiger partial charge >= 0.3 is 0 Å². The maximum absolute atomic E-state index is 13.2. The molecule has 18 heavy (non-hydrogen) atoms. The van der Waals surface area contributed by atoms with Gasteiger partial charge in [-0.2, -0.15) is 0 Å². The Morgan fingerprint density at radius 3 is 2.89 bits per heavy atom. The molecule has 1 heterocycles. The molecule has 2 unspecified atom stereocenters. The highest BCUT2D eigenvalue weighted by Gasteiger charge is 2.27. The van der Waals surface area contributed by atoms with Gasteiger partial charge in [0.25, 0.3) is 0 Å². The molecular formula is C15H23FN2. The van der Waals surface area contributed by atoms with Crippen LogP contribution in [0.4, 0.5) is 4.39 Å². The van der Waals surface area contributed by atoms with Crippen molar-refractivity contribution in [1.82, 2.24) is 10.2 Å². The van der Waals surface area contributed by atoms with E-state index < -0.39 is 0 Å². The first-order chi connectivity index (χ1) is 8.56. The van der Waals surface area contributed by atoms with E-state index in [1.807, 2.05) is 6.07 Å². The van der Waals surface area contributed by atoms with Crippen molar-refractivity contribution in [2.45, 2.75) is 39.4 Å². The van der Waals surface area contributed by atoms with E-state index in [1.54, 1.807) is 12.1 Å². The van der Waals surface area contributed by atoms with Gasteiger partial charge in [-0.3, -0.25) is 4.90 Å². The molecule has 0 aliphatic carbocycles. The van der Waals surface area contributed by atoms with Gasteiger partial charge in [0.15, 0.2) is 0 Å². The van der Waals surface area contributed by atoms with Crippen LogP contribution in [0.15, 0.2) is 24.3 Å². The fourth-order valence-electron chi connectivity index (χ4n) is 2.71. The first-order valence-corrected chi connectivity index (χ1v) is 6.78. The van der Waals surface area contributed by atoms with Crippen LogP contribution < -0.4 is 5.32 Å². The molecule has 0 saturated carbocycles. The Kier molecular flexibility index (Phi) is 4.36. The Labute approximate surface area is 109 Å². The van der Waals surface area contributed by atoms with Crippen molar-refractivity contribution < 1.29 is 4.39 Å². The minimum absolute atomic E-state index is 0.142. The summed E-state index contributed by atoms with van der Waals surface area (Å²) in [5.41, 5.74) is 1.06. The van der Waals surface area contributed by atoms with Gasteiger partial charge in [-0.25, -0.2) is 4.39 Å². The molecule has 2 atom stereocenters. The summed E-state index contributed by atoms with van der Waals surface area (Å²) in [5.74, 6) is 0.468. The van der Waals surface area contributed by atoms with Crippen LogP contribution >= 0.6 is 0 Å². The zero-order valence-electron chi connectivity index (χ0n) is 11.5. The number of hydrogen-bond donors (Lipinski definition) is 1. The van der Waals surface area contributed by atoms with Crippen LogP contribution in [0.3, 0.4) is 0 Å². The molecule has 1 aromatic carbocycles. The molecule has 1 aliphatic rings. The van der Waals surface area contributed by atoms with Crippen molar-refractivity contribution in [1.29, 1.82) is 0 Å². The van der Waals surface area contributed by atoms with Gasteiger partial charge < -0.3 is 5.32 Å². The first-order valence-electron chi connectivity index (χ1n) is 6.78. The number of nitrogens with zero attached hydrogens (tertiary/aromatic N) is 1. The molecular weight excluding hydrogens is 227 g/mol. The van der Waals surface area contributed by atoms with Crippen LogP contribution in [0.5, 0.6) is 0 Å². The minimum Gasteiger partial charge on any atom is -0.311 e. The van der Waals surface area contributed by atoms with E-state index in [0.717, 1.165) is 25.2 Å². The fourth-order valence-corrected chi connectivity index (χ4v) is 2.71. The van der Waals surface area contributed by atoms with Gasteiger partial charge in [-0.15, -0.1) is 0 Å². The molecule has 0 radical (unpaired) electrons. The summed E-state index contributed by atoms with van der Waals surface area (Å²) in [5, 5.41) is 3.52. The molecule has 1 saturated heterocycles. The molecule has 0 amide bonds. The SMILES string of the molecule is CC1CN(Cc2cccc(F)c2)C(C(C)C)CN1. The monoisotopic (exact) mass is 250 g/mol. The van der Waals surface area contributed by atoms with E-state index in [2.05, 4.69) is 31.0 Å². The molecule has 100 valence electrons. The molecule has 1 fully saturated rings. The van der Waals surface area contributed by atoms with Gasteiger partial charge in [0.05, 0.1) is 0 Å². The third kappa shape index (κ3) is 3.30. The van der Waals surface area contributed by atoms with Gasteiger partial charge in [-0.1, -0.05) is 26.0 Å². The van der Waals surface area contributed by atoms with E-state index in [0.29, 0.717) is 18.0 Å². The van der Waals surface area contributed by atoms with Crippen molar-refractivity contribution in [2.75, 3.05) is 13.1 Å². The molecule has 3 heteroatoms. The number of benzene rings is 1. The van der Waals surface area contributed by atoms with Crippen LogP contribution in [-0.2, 0) is 6.54 Å². The normalized spacial score (nSPS) is 25.6. The third-order valence-corrected chi connectivity index (χ3v) is 3.70. The smallest absolute Gasteiger partial charge is 0.123 e. The number of hydrogen-bond acceptors (Lipinski definition) is 2. The standard InChI is InChI=1S/C15H23FN2/c1-11(2)15-8-17-12(3)9-18(15)10-13-5-4-6-14(16)7-13/h4-7,11-12,15,17H,8-10H2,1-3H3. The number of nitrogens with one attached hydrogen (secondary N) is 1. The predicted molar refractivity (Wildman–Crippen MR) is 72.9 cm³/mol. The molecule has 1 aliphatic heterocycles. The Hall–Kier alpha value is -0.930. The van der Waals surface area contributed by atoms with Gasteiger partial charge in [0.2, 0.25) is 0 Å². The Morgan fingerprint density at radius 2 is 2.22 bits per heavy atom. The lowest BCUT2D eigenvalue weighted by Crippen LogP contribution is -2.56. The zero-order chi connectivity index (χ0) is 13.1. The van der Waals surface area contributed by atoms with Crippen molar-refractivity contribution >= 4 is 0 Å². The Balaban J connectivity index is 2.08. The van der Waals surface area contributed by atoms with Crippen molar-refractivity contribution in [2.24, 2.45) is 5.92 Å². The Morgan fingerprint density at radius 1 is 1.44 bits per heavy atom. The average molecular weight is 250 g/mol. The van der Waals surface area contributed by atoms with Crippen LogP contribution in [0.25, 0.3) is 0 Å². The highest BCUT2D eigenvalue weighted by atomic mass is 19.1. The second-order valence-electron chi connectivity index (χ2n) is 5.68. The van der Waals surface area contributed by atoms with E-state index in [1.165, 1.54) is 6.07 Å². The average Bonchev–Trinajstić information content (AvgIpc) is 2.28. The van der Waals surface area contributed by atoms with E-state index in [4.69, 9.17) is 0 Å². The number of rotatable bonds is 3. The summed E-state index contributed by atoms with van der Waals surface area (Å²) in [6.45, 7) is 9.59. The lowest BCUT2D eigenvalue weighted by molar-refractivity contribution is 0.0955. The van der Waals surface area contributed by atoms with Crippen LogP contribution in [-0.4, -0.2) is 30.1 Å². The Bertz CT molecular complexity index is 392. The van der Waals surface area contributed by atoms with Crippen LogP contribution in [0.1, 0.15) is 26.3 Å². The van der Waals surface area contributed by atoms with E-state index in [9.17, 15) is 4.39 Å². The second kappa shape index (κ2) is 5.81. The first kappa shape index (κ1) is 13.5. The lowest BCUT2D eigenvalue weighted by Gasteiger charge is -2.41. The van der Waals surface area contributed by atoms with Crippen LogP contribution in [0, 0.1) is 11.7 Å². The topological polar surface area (TPSA) is 15.3 Å². The molecule has 0 bridgehead atoms. The van der Waals surface area contributed by atoms with Crippen molar-refractivity contribution in [3.63, 3.8) is 0 Å². The van der Waals surface area contributed by atoms with Crippen molar-refractivity contribution in [3.05, 3.63) is 35.6 Å². The maximum Gasteiger partial charge on any atom is 0.123 e. The number of halogens is 1. The number of piperazine rings is 1. The molecule has 2 nitrogen and oxygen atoms in total. The fraction of sp³-hybridized carbons (Fsp3) is 0.600. The van der Waals surface area contributed by atoms with Crippen LogP contribution in [0.2, 0.25) is 0 Å². The van der Waals surface area contributed by atoms with Gasteiger partial charge in [0, 0.05) is 31.7 Å². The maximum atomic E-state index is 13.2. The summed E-state index contributed by atoms with van der Waals surface area (Å²) in [6.07, 6.45) is 0. The highest BCUT2D eigenvalue weighted by Crippen LogP contribution is 2.18. The van der Waals surface area contributed by atoms with Gasteiger partial charge in [-0.05, 0) is 30.5 Å². The summed E-state index contributed by atoms with van der Waals surface area (Å²) >= 11 is 0. The van der Waals surface area contributed by atoms with Crippen molar-refractivity contribution in [3.8, 4) is 0 Å². The highest BCUT2D eigenvalue weighted by molar-refractivity contribution is 5.16. The van der Waals surface area contributed by atoms with E-state index >= 15 is 0 Å². The molecule has 1 aromatic rings. The summed E-state index contributed by atoms with van der Waals surface area (Å²) < 4.78 is 13.2. The summed E-state index contributed by atoms with van der Waals surface area (Å²) in [6, 6.07) is 7.99. The zero-order valence-corrected chi connectivity index (χ0v) is 11.5. The van der Waals surface area contributed by atoms with Gasteiger partial charge in [0.1, 0.15) is 5.82 Å². The second-order valence-corrected chi connectivity index (χ2v) is 5.68. The molecule has 2 rings (SSSR count). The minimum atomic E-state index is -0.142. The molecule has 1 N–H and O–H groups in total.